The maximum Gasteiger partial charge on any atom is 0.289 e. The van der Waals surface area contributed by atoms with Crippen LogP contribution in [-0.2, 0) is 27.3 Å². The molecule has 2 rings (SSSR count). The summed E-state index contributed by atoms with van der Waals surface area (Å²) in [6.07, 6.45) is 3.39. The van der Waals surface area contributed by atoms with E-state index in [1.165, 1.54) is 0 Å². The Morgan fingerprint density at radius 3 is 2.31 bits per heavy atom. The lowest BCUT2D eigenvalue weighted by Crippen LogP contribution is -2.47. The number of aryl methyl sites for hydroxylation is 1. The number of benzene rings is 2. The SMILES string of the molecule is CCCOCCCCC(NC(=O)c1ccccc1CC)C(=O)C(=O)NCc1ccccc1OCC. The van der Waals surface area contributed by atoms with Crippen molar-refractivity contribution in [1.29, 1.82) is 0 Å². The molecule has 0 saturated carbocycles. The predicted molar refractivity (Wildman–Crippen MR) is 136 cm³/mol. The second-order valence-electron chi connectivity index (χ2n) is 8.23. The van der Waals surface area contributed by atoms with Gasteiger partial charge in [0.25, 0.3) is 11.8 Å². The highest BCUT2D eigenvalue weighted by Crippen LogP contribution is 2.17. The molecule has 0 aromatic heterocycles. The Kier molecular flexibility index (Phi) is 12.6. The number of carbonyl (C=O) groups is 3. The third kappa shape index (κ3) is 9.17. The number of ketones is 1. The van der Waals surface area contributed by atoms with Crippen molar-refractivity contribution < 1.29 is 23.9 Å². The van der Waals surface area contributed by atoms with Crippen LogP contribution in [-0.4, -0.2) is 43.5 Å². The van der Waals surface area contributed by atoms with Gasteiger partial charge in [0.2, 0.25) is 5.78 Å². The van der Waals surface area contributed by atoms with Gasteiger partial charge in [0.05, 0.1) is 12.6 Å². The summed E-state index contributed by atoms with van der Waals surface area (Å²) < 4.78 is 11.1. The summed E-state index contributed by atoms with van der Waals surface area (Å²) in [6, 6.07) is 13.7. The zero-order chi connectivity index (χ0) is 25.5. The first kappa shape index (κ1) is 28.1. The van der Waals surface area contributed by atoms with Gasteiger partial charge in [0.15, 0.2) is 0 Å². The molecule has 2 amide bonds. The predicted octanol–water partition coefficient (Wildman–Crippen LogP) is 4.23. The molecule has 190 valence electrons. The largest absolute Gasteiger partial charge is 0.494 e. The fourth-order valence-electron chi connectivity index (χ4n) is 3.72. The van der Waals surface area contributed by atoms with Gasteiger partial charge in [-0.15, -0.1) is 0 Å². The number of hydrogen-bond donors (Lipinski definition) is 2. The molecule has 35 heavy (non-hydrogen) atoms. The fraction of sp³-hybridized carbons (Fsp3) is 0.464. The monoisotopic (exact) mass is 482 g/mol. The molecule has 2 aromatic carbocycles. The van der Waals surface area contributed by atoms with Gasteiger partial charge in [-0.3, -0.25) is 14.4 Å². The standard InChI is InChI=1S/C28H38N2O5/c1-4-18-34-19-12-11-16-24(30-27(32)23-15-9-7-13-21(23)5-2)26(31)28(33)29-20-22-14-8-10-17-25(22)35-6-3/h7-10,13-15,17,24H,4-6,11-12,16,18-20H2,1-3H3,(H,29,33)(H,30,32). The molecule has 1 unspecified atom stereocenters. The van der Waals surface area contributed by atoms with E-state index in [-0.39, 0.29) is 12.5 Å². The Morgan fingerprint density at radius 2 is 1.60 bits per heavy atom. The highest BCUT2D eigenvalue weighted by molar-refractivity contribution is 6.38. The number of amides is 2. The molecule has 0 radical (unpaired) electrons. The molecule has 0 fully saturated rings. The van der Waals surface area contributed by atoms with Crippen molar-refractivity contribution >= 4 is 17.6 Å². The zero-order valence-corrected chi connectivity index (χ0v) is 21.1. The van der Waals surface area contributed by atoms with Gasteiger partial charge in [-0.05, 0) is 56.7 Å². The van der Waals surface area contributed by atoms with Crippen molar-refractivity contribution in [2.75, 3.05) is 19.8 Å². The van der Waals surface area contributed by atoms with Crippen LogP contribution in [0.4, 0.5) is 0 Å². The minimum atomic E-state index is -0.916. The quantitative estimate of drug-likeness (QED) is 0.276. The number of hydrogen-bond acceptors (Lipinski definition) is 5. The van der Waals surface area contributed by atoms with Crippen LogP contribution < -0.4 is 15.4 Å². The van der Waals surface area contributed by atoms with Crippen LogP contribution in [0.25, 0.3) is 0 Å². The van der Waals surface area contributed by atoms with Gasteiger partial charge in [-0.1, -0.05) is 50.2 Å². The van der Waals surface area contributed by atoms with Gasteiger partial charge in [-0.25, -0.2) is 0 Å². The first-order valence-electron chi connectivity index (χ1n) is 12.5. The van der Waals surface area contributed by atoms with Crippen LogP contribution in [0.15, 0.2) is 48.5 Å². The van der Waals surface area contributed by atoms with Crippen LogP contribution in [0.1, 0.15) is 67.9 Å². The molecule has 0 aliphatic carbocycles. The Labute approximate surface area is 208 Å². The van der Waals surface area contributed by atoms with Crippen LogP contribution in [0, 0.1) is 0 Å². The number of unbranched alkanes of at least 4 members (excludes halogenated alkanes) is 1. The van der Waals surface area contributed by atoms with E-state index in [2.05, 4.69) is 10.6 Å². The van der Waals surface area contributed by atoms with Crippen molar-refractivity contribution in [3.63, 3.8) is 0 Å². The minimum absolute atomic E-state index is 0.158. The Morgan fingerprint density at radius 1 is 0.886 bits per heavy atom. The number of nitrogens with one attached hydrogen (secondary N) is 2. The van der Waals surface area contributed by atoms with Crippen LogP contribution >= 0.6 is 0 Å². The highest BCUT2D eigenvalue weighted by Gasteiger charge is 2.27. The molecular weight excluding hydrogens is 444 g/mol. The summed E-state index contributed by atoms with van der Waals surface area (Å²) >= 11 is 0. The molecule has 0 aliphatic heterocycles. The molecular formula is C28H38N2O5. The smallest absolute Gasteiger partial charge is 0.289 e. The lowest BCUT2D eigenvalue weighted by atomic mass is 10.0. The average molecular weight is 483 g/mol. The van der Waals surface area contributed by atoms with Gasteiger partial charge in [-0.2, -0.15) is 0 Å². The van der Waals surface area contributed by atoms with Gasteiger partial charge in [0, 0.05) is 30.9 Å². The molecule has 2 aromatic rings. The van der Waals surface area contributed by atoms with E-state index in [1.54, 1.807) is 12.1 Å². The third-order valence-corrected chi connectivity index (χ3v) is 5.58. The van der Waals surface area contributed by atoms with E-state index in [0.29, 0.717) is 50.4 Å². The molecule has 0 spiro atoms. The van der Waals surface area contributed by atoms with Gasteiger partial charge in [0.1, 0.15) is 5.75 Å². The summed E-state index contributed by atoms with van der Waals surface area (Å²) in [7, 11) is 0. The number of para-hydroxylation sites is 1. The van der Waals surface area contributed by atoms with Crippen LogP contribution in [0.3, 0.4) is 0 Å². The van der Waals surface area contributed by atoms with Crippen molar-refractivity contribution in [2.24, 2.45) is 0 Å². The normalized spacial score (nSPS) is 11.5. The number of rotatable bonds is 16. The molecule has 7 nitrogen and oxygen atoms in total. The zero-order valence-electron chi connectivity index (χ0n) is 21.1. The van der Waals surface area contributed by atoms with Crippen molar-refractivity contribution in [1.82, 2.24) is 10.6 Å². The van der Waals surface area contributed by atoms with E-state index >= 15 is 0 Å². The van der Waals surface area contributed by atoms with Crippen LogP contribution in [0.5, 0.6) is 5.75 Å². The van der Waals surface area contributed by atoms with E-state index in [0.717, 1.165) is 24.0 Å². The second kappa shape index (κ2) is 15.7. The average Bonchev–Trinajstić information content (AvgIpc) is 2.88. The Hall–Kier alpha value is -3.19. The molecule has 0 bridgehead atoms. The van der Waals surface area contributed by atoms with Gasteiger partial charge >= 0.3 is 0 Å². The fourth-order valence-corrected chi connectivity index (χ4v) is 3.72. The number of ether oxygens (including phenoxy) is 2. The summed E-state index contributed by atoms with van der Waals surface area (Å²) in [4.78, 5) is 38.8. The lowest BCUT2D eigenvalue weighted by molar-refractivity contribution is -0.139. The van der Waals surface area contributed by atoms with Crippen molar-refractivity contribution in [2.45, 2.75) is 65.5 Å². The van der Waals surface area contributed by atoms with Gasteiger partial charge < -0.3 is 20.1 Å². The van der Waals surface area contributed by atoms with E-state index in [1.807, 2.05) is 57.2 Å². The van der Waals surface area contributed by atoms with E-state index in [9.17, 15) is 14.4 Å². The molecule has 0 saturated heterocycles. The highest BCUT2D eigenvalue weighted by atomic mass is 16.5. The Bertz CT molecular complexity index is 960. The molecule has 2 N–H and O–H groups in total. The molecule has 1 atom stereocenters. The number of Topliss-reactive ketones (excluding diaryl/α,β-unsaturated/α-hetero) is 1. The topological polar surface area (TPSA) is 93.7 Å². The summed E-state index contributed by atoms with van der Waals surface area (Å²) in [6.45, 7) is 7.84. The van der Waals surface area contributed by atoms with Crippen molar-refractivity contribution in [3.05, 3.63) is 65.2 Å². The number of carbonyl (C=O) groups excluding carboxylic acids is 3. The van der Waals surface area contributed by atoms with E-state index < -0.39 is 17.7 Å². The first-order chi connectivity index (χ1) is 17.0. The first-order valence-corrected chi connectivity index (χ1v) is 12.5. The molecule has 0 aliphatic rings. The Balaban J connectivity index is 2.06. The van der Waals surface area contributed by atoms with Crippen LogP contribution in [0.2, 0.25) is 0 Å². The maximum absolute atomic E-state index is 13.1. The molecule has 0 heterocycles. The third-order valence-electron chi connectivity index (χ3n) is 5.58. The minimum Gasteiger partial charge on any atom is -0.494 e. The summed E-state index contributed by atoms with van der Waals surface area (Å²) in [5.41, 5.74) is 2.19. The second-order valence-corrected chi connectivity index (χ2v) is 8.23. The molecule has 7 heteroatoms. The summed E-state index contributed by atoms with van der Waals surface area (Å²) in [5.74, 6) is -1.07. The maximum atomic E-state index is 13.1. The lowest BCUT2D eigenvalue weighted by Gasteiger charge is -2.19. The van der Waals surface area contributed by atoms with E-state index in [4.69, 9.17) is 9.47 Å². The summed E-state index contributed by atoms with van der Waals surface area (Å²) in [5, 5.41) is 5.49. The van der Waals surface area contributed by atoms with Crippen molar-refractivity contribution in [3.8, 4) is 5.75 Å².